The predicted molar refractivity (Wildman–Crippen MR) is 87.1 cm³/mol. The summed E-state index contributed by atoms with van der Waals surface area (Å²) in [5.74, 6) is 0. The lowest BCUT2D eigenvalue weighted by Crippen LogP contribution is -2.25. The van der Waals surface area contributed by atoms with E-state index >= 15 is 0 Å². The average Bonchev–Trinajstić information content (AvgIpc) is 2.42. The molecule has 1 atom stereocenters. The SMILES string of the molecule is CCCNCC(OCCOC(C)C)c1ccccc1Br. The summed E-state index contributed by atoms with van der Waals surface area (Å²) in [7, 11) is 0. The van der Waals surface area contributed by atoms with Crippen molar-refractivity contribution in [2.45, 2.75) is 39.4 Å². The van der Waals surface area contributed by atoms with Gasteiger partial charge in [0.25, 0.3) is 0 Å². The number of hydrogen-bond donors (Lipinski definition) is 1. The van der Waals surface area contributed by atoms with Crippen LogP contribution >= 0.6 is 15.9 Å². The van der Waals surface area contributed by atoms with Crippen LogP contribution < -0.4 is 5.32 Å². The van der Waals surface area contributed by atoms with Crippen LogP contribution in [0.3, 0.4) is 0 Å². The van der Waals surface area contributed by atoms with E-state index in [1.807, 2.05) is 26.0 Å². The molecule has 1 N–H and O–H groups in total. The minimum atomic E-state index is 0.0490. The summed E-state index contributed by atoms with van der Waals surface area (Å²) in [6.07, 6.45) is 1.42. The van der Waals surface area contributed by atoms with Gasteiger partial charge in [0.1, 0.15) is 0 Å². The third kappa shape index (κ3) is 6.84. The summed E-state index contributed by atoms with van der Waals surface area (Å²) in [5, 5.41) is 3.42. The zero-order valence-corrected chi connectivity index (χ0v) is 14.3. The Bertz CT molecular complexity index is 371. The van der Waals surface area contributed by atoms with Crippen molar-refractivity contribution in [3.05, 3.63) is 34.3 Å². The summed E-state index contributed by atoms with van der Waals surface area (Å²) >= 11 is 3.60. The Hall–Kier alpha value is -0.420. The highest BCUT2D eigenvalue weighted by molar-refractivity contribution is 9.10. The molecule has 0 saturated heterocycles. The van der Waals surface area contributed by atoms with Crippen LogP contribution in [0.4, 0.5) is 0 Å². The standard InChI is InChI=1S/C16H26BrNO2/c1-4-9-18-12-16(20-11-10-19-13(2)3)14-7-5-6-8-15(14)17/h5-8,13,16,18H,4,9-12H2,1-3H3. The van der Waals surface area contributed by atoms with Crippen LogP contribution in [0.15, 0.2) is 28.7 Å². The van der Waals surface area contributed by atoms with E-state index < -0.39 is 0 Å². The summed E-state index contributed by atoms with van der Waals surface area (Å²) in [6.45, 7) is 9.30. The Morgan fingerprint density at radius 3 is 2.50 bits per heavy atom. The van der Waals surface area contributed by atoms with Crippen molar-refractivity contribution >= 4 is 15.9 Å². The second-order valence-corrected chi connectivity index (χ2v) is 5.86. The first-order valence-corrected chi connectivity index (χ1v) is 8.12. The van der Waals surface area contributed by atoms with Crippen molar-refractivity contribution in [2.75, 3.05) is 26.3 Å². The van der Waals surface area contributed by atoms with Gasteiger partial charge in [-0.1, -0.05) is 41.1 Å². The largest absolute Gasteiger partial charge is 0.376 e. The molecule has 0 aliphatic heterocycles. The minimum absolute atomic E-state index is 0.0490. The van der Waals surface area contributed by atoms with E-state index in [2.05, 4.69) is 40.3 Å². The van der Waals surface area contributed by atoms with E-state index in [9.17, 15) is 0 Å². The number of ether oxygens (including phenoxy) is 2. The smallest absolute Gasteiger partial charge is 0.0961 e. The zero-order valence-electron chi connectivity index (χ0n) is 12.7. The van der Waals surface area contributed by atoms with E-state index in [-0.39, 0.29) is 12.2 Å². The quantitative estimate of drug-likeness (QED) is 0.653. The van der Waals surface area contributed by atoms with Gasteiger partial charge in [-0.15, -0.1) is 0 Å². The molecule has 20 heavy (non-hydrogen) atoms. The van der Waals surface area contributed by atoms with Crippen LogP contribution in [-0.2, 0) is 9.47 Å². The number of rotatable bonds is 10. The van der Waals surface area contributed by atoms with Crippen molar-refractivity contribution < 1.29 is 9.47 Å². The third-order valence-corrected chi connectivity index (χ3v) is 3.58. The number of benzene rings is 1. The molecule has 0 amide bonds. The molecule has 0 spiro atoms. The van der Waals surface area contributed by atoms with Crippen molar-refractivity contribution in [3.8, 4) is 0 Å². The van der Waals surface area contributed by atoms with Crippen LogP contribution in [0.25, 0.3) is 0 Å². The molecule has 3 nitrogen and oxygen atoms in total. The lowest BCUT2D eigenvalue weighted by molar-refractivity contribution is -0.0131. The monoisotopic (exact) mass is 343 g/mol. The van der Waals surface area contributed by atoms with Crippen LogP contribution in [0, 0.1) is 0 Å². The summed E-state index contributed by atoms with van der Waals surface area (Å²) < 4.78 is 12.6. The highest BCUT2D eigenvalue weighted by Crippen LogP contribution is 2.25. The van der Waals surface area contributed by atoms with Gasteiger partial charge in [0.15, 0.2) is 0 Å². The lowest BCUT2D eigenvalue weighted by atomic mass is 10.1. The average molecular weight is 344 g/mol. The van der Waals surface area contributed by atoms with Crippen molar-refractivity contribution in [2.24, 2.45) is 0 Å². The Balaban J connectivity index is 2.54. The Kier molecular flexibility index (Phi) is 9.10. The molecule has 0 aromatic heterocycles. The molecule has 1 aromatic carbocycles. The Morgan fingerprint density at radius 1 is 1.15 bits per heavy atom. The Labute approximate surface area is 131 Å². The van der Waals surface area contributed by atoms with Crippen LogP contribution in [-0.4, -0.2) is 32.4 Å². The second kappa shape index (κ2) is 10.3. The van der Waals surface area contributed by atoms with Crippen molar-refractivity contribution in [1.82, 2.24) is 5.32 Å². The van der Waals surface area contributed by atoms with Crippen LogP contribution in [0.2, 0.25) is 0 Å². The third-order valence-electron chi connectivity index (χ3n) is 2.86. The fourth-order valence-corrected chi connectivity index (χ4v) is 2.42. The maximum atomic E-state index is 5.99. The molecular weight excluding hydrogens is 318 g/mol. The maximum Gasteiger partial charge on any atom is 0.0961 e. The summed E-state index contributed by atoms with van der Waals surface area (Å²) in [5.41, 5.74) is 1.18. The van der Waals surface area contributed by atoms with Crippen molar-refractivity contribution in [1.29, 1.82) is 0 Å². The summed E-state index contributed by atoms with van der Waals surface area (Å²) in [4.78, 5) is 0. The van der Waals surface area contributed by atoms with Gasteiger partial charge in [-0.2, -0.15) is 0 Å². The zero-order chi connectivity index (χ0) is 14.8. The molecule has 0 bridgehead atoms. The van der Waals surface area contributed by atoms with Gasteiger partial charge in [0, 0.05) is 11.0 Å². The minimum Gasteiger partial charge on any atom is -0.376 e. The molecule has 1 unspecified atom stereocenters. The topological polar surface area (TPSA) is 30.5 Å². The van der Waals surface area contributed by atoms with Gasteiger partial charge in [-0.05, 0) is 38.4 Å². The fourth-order valence-electron chi connectivity index (χ4n) is 1.88. The van der Waals surface area contributed by atoms with E-state index in [0.29, 0.717) is 13.2 Å². The second-order valence-electron chi connectivity index (χ2n) is 5.00. The number of halogens is 1. The van der Waals surface area contributed by atoms with E-state index in [4.69, 9.17) is 9.47 Å². The van der Waals surface area contributed by atoms with E-state index in [0.717, 1.165) is 24.0 Å². The molecule has 0 heterocycles. The molecule has 0 fully saturated rings. The molecule has 0 aliphatic rings. The van der Waals surface area contributed by atoms with Crippen LogP contribution in [0.1, 0.15) is 38.9 Å². The lowest BCUT2D eigenvalue weighted by Gasteiger charge is -2.20. The first kappa shape index (κ1) is 17.6. The molecule has 114 valence electrons. The maximum absolute atomic E-state index is 5.99. The molecular formula is C16H26BrNO2. The number of nitrogens with one attached hydrogen (secondary N) is 1. The Morgan fingerprint density at radius 2 is 1.85 bits per heavy atom. The highest BCUT2D eigenvalue weighted by Gasteiger charge is 2.14. The molecule has 0 radical (unpaired) electrons. The molecule has 4 heteroatoms. The fraction of sp³-hybridized carbons (Fsp3) is 0.625. The summed E-state index contributed by atoms with van der Waals surface area (Å²) in [6, 6.07) is 8.22. The van der Waals surface area contributed by atoms with Gasteiger partial charge in [-0.3, -0.25) is 0 Å². The van der Waals surface area contributed by atoms with E-state index in [1.165, 1.54) is 5.56 Å². The highest BCUT2D eigenvalue weighted by atomic mass is 79.9. The molecule has 0 saturated carbocycles. The van der Waals surface area contributed by atoms with E-state index in [1.54, 1.807) is 0 Å². The molecule has 1 rings (SSSR count). The predicted octanol–water partition coefficient (Wildman–Crippen LogP) is 3.93. The van der Waals surface area contributed by atoms with Crippen LogP contribution in [0.5, 0.6) is 0 Å². The van der Waals surface area contributed by atoms with Crippen molar-refractivity contribution in [3.63, 3.8) is 0 Å². The first-order valence-electron chi connectivity index (χ1n) is 7.33. The van der Waals surface area contributed by atoms with Gasteiger partial charge in [0.05, 0.1) is 25.4 Å². The van der Waals surface area contributed by atoms with Gasteiger partial charge in [-0.25, -0.2) is 0 Å². The van der Waals surface area contributed by atoms with Gasteiger partial charge >= 0.3 is 0 Å². The molecule has 0 aliphatic carbocycles. The normalized spacial score (nSPS) is 12.8. The number of hydrogen-bond acceptors (Lipinski definition) is 3. The van der Waals surface area contributed by atoms with Gasteiger partial charge < -0.3 is 14.8 Å². The molecule has 1 aromatic rings. The van der Waals surface area contributed by atoms with Gasteiger partial charge in [0.2, 0.25) is 0 Å². The first-order chi connectivity index (χ1) is 9.65.